The minimum absolute atomic E-state index is 0.0767. The maximum atomic E-state index is 14.3. The Morgan fingerprint density at radius 2 is 1.54 bits per heavy atom. The van der Waals surface area contributed by atoms with Gasteiger partial charge >= 0.3 is 0 Å². The van der Waals surface area contributed by atoms with Gasteiger partial charge in [-0.05, 0) is 62.1 Å². The van der Waals surface area contributed by atoms with Crippen LogP contribution in [0.4, 0.5) is 10.1 Å². The van der Waals surface area contributed by atoms with Gasteiger partial charge in [0, 0.05) is 11.3 Å². The summed E-state index contributed by atoms with van der Waals surface area (Å²) in [5.74, 6) is -0.0767. The molecule has 138 valence electrons. The molecular weight excluding hydrogens is 353 g/mol. The van der Waals surface area contributed by atoms with Crippen LogP contribution in [0.1, 0.15) is 29.2 Å². The molecular formula is C22H30FNSi2. The second kappa shape index (κ2) is 6.50. The van der Waals surface area contributed by atoms with Crippen LogP contribution in [0.3, 0.4) is 0 Å². The van der Waals surface area contributed by atoms with Gasteiger partial charge in [-0.25, -0.2) is 4.39 Å². The lowest BCUT2D eigenvalue weighted by atomic mass is 10.1. The first-order valence-corrected chi connectivity index (χ1v) is 16.4. The number of aryl methyl sites for hydroxylation is 2. The monoisotopic (exact) mass is 383 g/mol. The molecule has 0 heterocycles. The van der Waals surface area contributed by atoms with Crippen molar-refractivity contribution in [2.45, 2.75) is 53.4 Å². The number of rotatable bonds is 4. The first kappa shape index (κ1) is 19.1. The molecule has 0 aliphatic heterocycles. The molecule has 0 fully saturated rings. The average molecular weight is 384 g/mol. The van der Waals surface area contributed by atoms with Crippen molar-refractivity contribution in [2.24, 2.45) is 0 Å². The Hall–Kier alpha value is -1.66. The van der Waals surface area contributed by atoms with Crippen LogP contribution in [0.25, 0.3) is 6.08 Å². The third-order valence-corrected chi connectivity index (χ3v) is 22.5. The zero-order valence-corrected chi connectivity index (χ0v) is 19.0. The SMILES string of the molecule is CC1=Cc2c(F)ccc([Si](C)(C)[Si](C)(C)Nc3cc(C)cc(C)c3)c2C1. The van der Waals surface area contributed by atoms with Crippen molar-refractivity contribution in [3.8, 4) is 0 Å². The molecule has 26 heavy (non-hydrogen) atoms. The molecule has 0 amide bonds. The molecule has 1 nitrogen and oxygen atoms in total. The molecule has 4 heteroatoms. The third kappa shape index (κ3) is 3.32. The molecule has 0 radical (unpaired) electrons. The lowest BCUT2D eigenvalue weighted by Crippen LogP contribution is -2.68. The van der Waals surface area contributed by atoms with Gasteiger partial charge in [-0.15, -0.1) is 0 Å². The molecule has 3 rings (SSSR count). The van der Waals surface area contributed by atoms with Crippen LogP contribution in [-0.4, -0.2) is 15.3 Å². The summed E-state index contributed by atoms with van der Waals surface area (Å²) in [6, 6.07) is 10.5. The Labute approximate surface area is 159 Å². The van der Waals surface area contributed by atoms with Crippen molar-refractivity contribution in [2.75, 3.05) is 4.98 Å². The highest BCUT2D eigenvalue weighted by molar-refractivity contribution is 7.46. The van der Waals surface area contributed by atoms with Gasteiger partial charge in [0.15, 0.2) is 0 Å². The lowest BCUT2D eigenvalue weighted by Gasteiger charge is -2.41. The Bertz CT molecular complexity index is 877. The van der Waals surface area contributed by atoms with Crippen molar-refractivity contribution < 1.29 is 4.39 Å². The second-order valence-electron chi connectivity index (χ2n) is 8.91. The van der Waals surface area contributed by atoms with Crippen molar-refractivity contribution >= 4 is 32.3 Å². The predicted octanol–water partition coefficient (Wildman–Crippen LogP) is 5.71. The van der Waals surface area contributed by atoms with Gasteiger partial charge in [-0.2, -0.15) is 0 Å². The van der Waals surface area contributed by atoms with E-state index in [0.717, 1.165) is 12.0 Å². The van der Waals surface area contributed by atoms with Gasteiger partial charge in [0.25, 0.3) is 0 Å². The smallest absolute Gasteiger partial charge is 0.141 e. The van der Waals surface area contributed by atoms with E-state index in [1.165, 1.54) is 33.1 Å². The van der Waals surface area contributed by atoms with Crippen LogP contribution in [0, 0.1) is 19.7 Å². The van der Waals surface area contributed by atoms with E-state index in [1.807, 2.05) is 6.08 Å². The molecule has 0 bridgehead atoms. The summed E-state index contributed by atoms with van der Waals surface area (Å²) in [4.78, 5) is 3.95. The Kier molecular flexibility index (Phi) is 4.78. The van der Waals surface area contributed by atoms with E-state index in [0.29, 0.717) is 0 Å². The highest BCUT2D eigenvalue weighted by Crippen LogP contribution is 2.30. The van der Waals surface area contributed by atoms with Crippen LogP contribution >= 0.6 is 0 Å². The molecule has 2 aromatic carbocycles. The molecule has 0 atom stereocenters. The topological polar surface area (TPSA) is 12.0 Å². The van der Waals surface area contributed by atoms with Crippen molar-refractivity contribution in [3.05, 3.63) is 64.0 Å². The van der Waals surface area contributed by atoms with Crippen molar-refractivity contribution in [1.82, 2.24) is 0 Å². The zero-order valence-electron chi connectivity index (χ0n) is 17.0. The van der Waals surface area contributed by atoms with E-state index in [1.54, 1.807) is 6.07 Å². The highest BCUT2D eigenvalue weighted by Gasteiger charge is 2.45. The Morgan fingerprint density at radius 3 is 2.15 bits per heavy atom. The molecule has 0 saturated carbocycles. The first-order valence-electron chi connectivity index (χ1n) is 9.37. The zero-order chi connectivity index (χ0) is 19.3. The number of nitrogens with one attached hydrogen (secondary N) is 1. The molecule has 1 aliphatic rings. The van der Waals surface area contributed by atoms with Crippen molar-refractivity contribution in [1.29, 1.82) is 0 Å². The molecule has 1 N–H and O–H groups in total. The largest absolute Gasteiger partial charge is 0.412 e. The standard InChI is InChI=1S/C22H30FNSi2/c1-15-10-16(2)12-18(11-15)24-26(6,7)25(4,5)22-9-8-21(23)19-13-17(3)14-20(19)22/h8-13,24H,14H2,1-7H3. The van der Waals surface area contributed by atoms with Gasteiger partial charge in [0.2, 0.25) is 0 Å². The van der Waals surface area contributed by atoms with E-state index >= 15 is 0 Å². The van der Waals surface area contributed by atoms with Crippen LogP contribution in [0.2, 0.25) is 26.2 Å². The van der Waals surface area contributed by atoms with Gasteiger partial charge in [0.05, 0.1) is 7.59 Å². The fourth-order valence-corrected chi connectivity index (χ4v) is 11.5. The van der Waals surface area contributed by atoms with Gasteiger partial charge in [-0.3, -0.25) is 0 Å². The quantitative estimate of drug-likeness (QED) is 0.667. The Balaban J connectivity index is 2.01. The van der Waals surface area contributed by atoms with Crippen LogP contribution in [0.5, 0.6) is 0 Å². The van der Waals surface area contributed by atoms with E-state index < -0.39 is 15.3 Å². The summed E-state index contributed by atoms with van der Waals surface area (Å²) in [5.41, 5.74) is 7.14. The number of halogens is 1. The van der Waals surface area contributed by atoms with Crippen LogP contribution in [-0.2, 0) is 6.42 Å². The maximum absolute atomic E-state index is 14.3. The summed E-state index contributed by atoms with van der Waals surface area (Å²) < 4.78 is 14.3. The number of hydrogen-bond acceptors (Lipinski definition) is 1. The fourth-order valence-electron chi connectivity index (χ4n) is 4.05. The molecule has 1 aliphatic carbocycles. The second-order valence-corrected chi connectivity index (χ2v) is 23.7. The third-order valence-electron chi connectivity index (χ3n) is 6.06. The molecule has 0 aromatic heterocycles. The number of allylic oxidation sites excluding steroid dienone is 1. The number of benzene rings is 2. The average Bonchev–Trinajstić information content (AvgIpc) is 2.87. The molecule has 0 spiro atoms. The fraction of sp³-hybridized carbons (Fsp3) is 0.364. The van der Waals surface area contributed by atoms with E-state index in [-0.39, 0.29) is 5.82 Å². The summed E-state index contributed by atoms with van der Waals surface area (Å²) in [6.07, 6.45) is 2.93. The van der Waals surface area contributed by atoms with E-state index in [9.17, 15) is 4.39 Å². The van der Waals surface area contributed by atoms with Crippen LogP contribution < -0.4 is 10.2 Å². The number of fused-ring (bicyclic) bond motifs is 1. The molecule has 0 saturated heterocycles. The van der Waals surface area contributed by atoms with Gasteiger partial charge in [-0.1, -0.05) is 55.2 Å². The van der Waals surface area contributed by atoms with Gasteiger partial charge < -0.3 is 4.98 Å². The highest BCUT2D eigenvalue weighted by atomic mass is 29.3. The van der Waals surface area contributed by atoms with E-state index in [2.05, 4.69) is 76.2 Å². The van der Waals surface area contributed by atoms with Gasteiger partial charge in [0.1, 0.15) is 13.6 Å². The Morgan fingerprint density at radius 1 is 0.923 bits per heavy atom. The lowest BCUT2D eigenvalue weighted by molar-refractivity contribution is 0.624. The summed E-state index contributed by atoms with van der Waals surface area (Å²) in [5, 5.41) is 1.43. The van der Waals surface area contributed by atoms with E-state index in [4.69, 9.17) is 0 Å². The summed E-state index contributed by atoms with van der Waals surface area (Å²) in [6.45, 7) is 16.2. The number of hydrogen-bond donors (Lipinski definition) is 1. The molecule has 0 unspecified atom stereocenters. The van der Waals surface area contributed by atoms with Crippen LogP contribution in [0.15, 0.2) is 35.9 Å². The molecule has 2 aromatic rings. The predicted molar refractivity (Wildman–Crippen MR) is 118 cm³/mol. The van der Waals surface area contributed by atoms with Crippen molar-refractivity contribution in [3.63, 3.8) is 0 Å². The summed E-state index contributed by atoms with van der Waals surface area (Å²) >= 11 is 0. The maximum Gasteiger partial charge on any atom is 0.141 e. The minimum Gasteiger partial charge on any atom is -0.412 e. The summed E-state index contributed by atoms with van der Waals surface area (Å²) in [7, 11) is -3.60. The minimum atomic E-state index is -1.81. The first-order chi connectivity index (χ1) is 12.0. The number of anilines is 1. The normalized spacial score (nSPS) is 14.2.